The Morgan fingerprint density at radius 2 is 1.88 bits per heavy atom. The van der Waals surface area contributed by atoms with Gasteiger partial charge in [0, 0.05) is 49.5 Å². The standard InChI is InChI=1S/C25H22ClFN4O2S/c1-34-11-10-31(16-32)23-3-2-17(12-22(23)26)20-14-19(27)15-21(25(20)33)18-4-5-29-24(13-18)30-8-6-28-7-9-30/h2-5,12-16,28,33H,6-9H2,1H3. The molecule has 0 atom stereocenters. The van der Waals surface area contributed by atoms with E-state index in [4.69, 9.17) is 11.6 Å². The summed E-state index contributed by atoms with van der Waals surface area (Å²) in [7, 11) is 0. The Labute approximate surface area is 206 Å². The lowest BCUT2D eigenvalue weighted by Gasteiger charge is -2.28. The molecule has 0 radical (unpaired) electrons. The van der Waals surface area contributed by atoms with Crippen molar-refractivity contribution in [3.63, 3.8) is 0 Å². The zero-order valence-electron chi connectivity index (χ0n) is 18.4. The van der Waals surface area contributed by atoms with E-state index in [1.54, 1.807) is 36.7 Å². The molecule has 34 heavy (non-hydrogen) atoms. The number of benzene rings is 2. The largest absolute Gasteiger partial charge is 0.507 e. The van der Waals surface area contributed by atoms with Gasteiger partial charge in [-0.3, -0.25) is 4.79 Å². The first-order valence-electron chi connectivity index (χ1n) is 10.5. The molecule has 1 aliphatic rings. The molecule has 1 aromatic heterocycles. The summed E-state index contributed by atoms with van der Waals surface area (Å²) in [6.45, 7) is 3.37. The van der Waals surface area contributed by atoms with Crippen LogP contribution in [0.5, 0.6) is 5.75 Å². The molecule has 0 saturated carbocycles. The lowest BCUT2D eigenvalue weighted by Crippen LogP contribution is -2.43. The van der Waals surface area contributed by atoms with Gasteiger partial charge in [0.25, 0.3) is 0 Å². The number of thioether (sulfide) groups is 1. The number of hydrogen-bond donors (Lipinski definition) is 2. The maximum Gasteiger partial charge on any atom is 0.226 e. The van der Waals surface area contributed by atoms with Crippen LogP contribution in [0.15, 0.2) is 48.7 Å². The lowest BCUT2D eigenvalue weighted by molar-refractivity contribution is -0.106. The highest BCUT2D eigenvalue weighted by Crippen LogP contribution is 2.41. The molecule has 0 spiro atoms. The van der Waals surface area contributed by atoms with Gasteiger partial charge in [-0.05, 0) is 59.0 Å². The lowest BCUT2D eigenvalue weighted by atomic mass is 9.97. The number of aromatic nitrogens is 1. The van der Waals surface area contributed by atoms with Gasteiger partial charge in [-0.2, -0.15) is 0 Å². The Morgan fingerprint density at radius 1 is 1.18 bits per heavy atom. The Morgan fingerprint density at radius 3 is 2.53 bits per heavy atom. The number of aromatic hydroxyl groups is 1. The Hall–Kier alpha value is -3.25. The van der Waals surface area contributed by atoms with Crippen molar-refractivity contribution in [1.29, 1.82) is 0 Å². The maximum atomic E-state index is 14.7. The molecule has 0 bridgehead atoms. The van der Waals surface area contributed by atoms with Gasteiger partial charge < -0.3 is 15.3 Å². The molecule has 174 valence electrons. The van der Waals surface area contributed by atoms with E-state index in [1.807, 2.05) is 6.07 Å². The molecule has 2 heterocycles. The van der Waals surface area contributed by atoms with Crippen molar-refractivity contribution in [3.05, 3.63) is 59.5 Å². The van der Waals surface area contributed by atoms with Gasteiger partial charge in [0.1, 0.15) is 17.4 Å². The van der Waals surface area contributed by atoms with Gasteiger partial charge in [-0.15, -0.1) is 0 Å². The van der Waals surface area contributed by atoms with Gasteiger partial charge in [0.05, 0.1) is 10.7 Å². The third kappa shape index (κ3) is 5.12. The average Bonchev–Trinajstić information content (AvgIpc) is 2.87. The Kier molecular flexibility index (Phi) is 7.58. The molecule has 6 nitrogen and oxygen atoms in total. The van der Waals surface area contributed by atoms with Crippen molar-refractivity contribution in [2.75, 3.05) is 42.2 Å². The van der Waals surface area contributed by atoms with E-state index in [0.29, 0.717) is 28.8 Å². The van der Waals surface area contributed by atoms with Gasteiger partial charge in [-0.25, -0.2) is 14.3 Å². The van der Waals surface area contributed by atoms with Crippen molar-refractivity contribution in [2.24, 2.45) is 0 Å². The number of carbonyl (C=O) groups is 1. The summed E-state index contributed by atoms with van der Waals surface area (Å²) in [5.74, 6) is 0.206. The summed E-state index contributed by atoms with van der Waals surface area (Å²) in [5.41, 5.74) is 2.20. The highest BCUT2D eigenvalue weighted by molar-refractivity contribution is 8.03. The van der Waals surface area contributed by atoms with Crippen LogP contribution in [0.25, 0.3) is 22.3 Å². The number of halogens is 2. The SMILES string of the molecule is CSC#CN(C=O)c1ccc(-c2cc(F)cc(-c3ccnc(N4CCNCC4)c3)c2O)cc1Cl. The van der Waals surface area contributed by atoms with Crippen molar-refractivity contribution >= 4 is 41.3 Å². The predicted octanol–water partition coefficient (Wildman–Crippen LogP) is 4.57. The van der Waals surface area contributed by atoms with E-state index in [0.717, 1.165) is 32.0 Å². The molecular weight excluding hydrogens is 475 g/mol. The fraction of sp³-hybridized carbons (Fsp3) is 0.200. The second-order valence-corrected chi connectivity index (χ2v) is 8.57. The normalized spacial score (nSPS) is 13.2. The zero-order chi connectivity index (χ0) is 24.1. The van der Waals surface area contributed by atoms with E-state index < -0.39 is 5.82 Å². The van der Waals surface area contributed by atoms with E-state index in [1.165, 1.54) is 28.8 Å². The number of amides is 1. The van der Waals surface area contributed by atoms with E-state index >= 15 is 0 Å². The quantitative estimate of drug-likeness (QED) is 0.306. The third-order valence-electron chi connectivity index (χ3n) is 5.46. The van der Waals surface area contributed by atoms with Gasteiger partial charge >= 0.3 is 0 Å². The first-order chi connectivity index (χ1) is 16.5. The zero-order valence-corrected chi connectivity index (χ0v) is 20.0. The number of anilines is 2. The van der Waals surface area contributed by atoms with Crippen molar-refractivity contribution in [1.82, 2.24) is 10.3 Å². The minimum atomic E-state index is -0.496. The molecular formula is C25H22ClFN4O2S. The van der Waals surface area contributed by atoms with Crippen LogP contribution in [0.1, 0.15) is 0 Å². The number of rotatable bonds is 5. The highest BCUT2D eigenvalue weighted by Gasteiger charge is 2.18. The monoisotopic (exact) mass is 496 g/mol. The van der Waals surface area contributed by atoms with E-state index in [2.05, 4.69) is 26.5 Å². The smallest absolute Gasteiger partial charge is 0.226 e. The summed E-state index contributed by atoms with van der Waals surface area (Å²) in [4.78, 5) is 19.2. The third-order valence-corrected chi connectivity index (χ3v) is 6.06. The number of nitrogens with zero attached hydrogens (tertiary/aromatic N) is 3. The topological polar surface area (TPSA) is 68.7 Å². The maximum absolute atomic E-state index is 14.7. The minimum Gasteiger partial charge on any atom is -0.507 e. The van der Waals surface area contributed by atoms with E-state index in [-0.39, 0.29) is 16.3 Å². The fourth-order valence-electron chi connectivity index (χ4n) is 3.80. The van der Waals surface area contributed by atoms with Crippen LogP contribution in [0, 0.1) is 17.1 Å². The number of hydrogen-bond acceptors (Lipinski definition) is 6. The number of phenolic OH excluding ortho intramolecular Hbond substituents is 1. The minimum absolute atomic E-state index is 0.0721. The molecule has 1 aliphatic heterocycles. The van der Waals surface area contributed by atoms with Gasteiger partial charge in [0.15, 0.2) is 0 Å². The molecule has 9 heteroatoms. The van der Waals surface area contributed by atoms with Crippen LogP contribution in [-0.4, -0.2) is 48.9 Å². The fourth-order valence-corrected chi connectivity index (χ4v) is 4.26. The number of phenols is 1. The molecule has 0 unspecified atom stereocenters. The molecule has 1 saturated heterocycles. The van der Waals surface area contributed by atoms with Crippen LogP contribution in [0.2, 0.25) is 5.02 Å². The van der Waals surface area contributed by atoms with Crippen LogP contribution in [-0.2, 0) is 4.79 Å². The highest BCUT2D eigenvalue weighted by atomic mass is 35.5. The molecule has 1 fully saturated rings. The summed E-state index contributed by atoms with van der Waals surface area (Å²) in [5, 5.41) is 17.4. The van der Waals surface area contributed by atoms with Crippen molar-refractivity contribution in [2.45, 2.75) is 0 Å². The number of pyridine rings is 1. The number of carbonyl (C=O) groups excluding carboxylic acids is 1. The molecule has 3 aromatic rings. The first-order valence-corrected chi connectivity index (χ1v) is 12.1. The van der Waals surface area contributed by atoms with Crippen molar-refractivity contribution < 1.29 is 14.3 Å². The molecule has 1 amide bonds. The van der Waals surface area contributed by atoms with Crippen LogP contribution < -0.4 is 15.1 Å². The molecule has 4 rings (SSSR count). The summed E-state index contributed by atoms with van der Waals surface area (Å²) in [6, 6.07) is 13.7. The molecule has 0 aliphatic carbocycles. The van der Waals surface area contributed by atoms with Crippen molar-refractivity contribution in [3.8, 4) is 39.3 Å². The average molecular weight is 497 g/mol. The number of nitrogens with one attached hydrogen (secondary N) is 1. The molecule has 2 N–H and O–H groups in total. The van der Waals surface area contributed by atoms with E-state index in [9.17, 15) is 14.3 Å². The molecule has 2 aromatic carbocycles. The van der Waals surface area contributed by atoms with Crippen LogP contribution in [0.4, 0.5) is 15.9 Å². The summed E-state index contributed by atoms with van der Waals surface area (Å²) >= 11 is 7.69. The van der Waals surface area contributed by atoms with Gasteiger partial charge in [0.2, 0.25) is 6.41 Å². The van der Waals surface area contributed by atoms with Crippen LogP contribution >= 0.6 is 23.4 Å². The first kappa shape index (κ1) is 23.9. The Bertz CT molecular complexity index is 1270. The summed E-state index contributed by atoms with van der Waals surface area (Å²) < 4.78 is 14.7. The van der Waals surface area contributed by atoms with Gasteiger partial charge in [-0.1, -0.05) is 29.4 Å². The van der Waals surface area contributed by atoms with Crippen LogP contribution in [0.3, 0.4) is 0 Å². The predicted molar refractivity (Wildman–Crippen MR) is 137 cm³/mol. The second-order valence-electron chi connectivity index (χ2n) is 7.55. The second kappa shape index (κ2) is 10.8. The number of piperazine rings is 1. The Balaban J connectivity index is 1.73. The summed E-state index contributed by atoms with van der Waals surface area (Å²) in [6.07, 6.45) is 4.02.